The highest BCUT2D eigenvalue weighted by Gasteiger charge is 2.39. The first-order valence-electron chi connectivity index (χ1n) is 9.32. The Hall–Kier alpha value is -2.08. The van der Waals surface area contributed by atoms with E-state index < -0.39 is 5.60 Å². The van der Waals surface area contributed by atoms with Crippen molar-refractivity contribution in [3.05, 3.63) is 40.6 Å². The monoisotopic (exact) mass is 429 g/mol. The number of hydrogen-bond donors (Lipinski definition) is 1. The minimum Gasteiger partial charge on any atom is -0.444 e. The molecule has 4 rings (SSSR count). The van der Waals surface area contributed by atoms with Crippen molar-refractivity contribution in [3.63, 3.8) is 0 Å². The number of carbonyl (C=O) groups is 1. The fourth-order valence-corrected chi connectivity index (χ4v) is 4.20. The van der Waals surface area contributed by atoms with Crippen molar-refractivity contribution in [2.75, 3.05) is 0 Å². The molecule has 0 bridgehead atoms. The summed E-state index contributed by atoms with van der Waals surface area (Å²) >= 11 is 3.52. The smallest absolute Gasteiger partial charge is 0.411 e. The van der Waals surface area contributed by atoms with Gasteiger partial charge in [-0.05, 0) is 64.1 Å². The lowest BCUT2D eigenvalue weighted by Crippen LogP contribution is -2.40. The highest BCUT2D eigenvalue weighted by molar-refractivity contribution is 9.10. The van der Waals surface area contributed by atoms with E-state index in [1.54, 1.807) is 0 Å². The van der Waals surface area contributed by atoms with Crippen LogP contribution in [0.2, 0.25) is 0 Å². The van der Waals surface area contributed by atoms with Gasteiger partial charge in [0.2, 0.25) is 0 Å². The lowest BCUT2D eigenvalue weighted by Gasteiger charge is -2.30. The zero-order valence-electron chi connectivity index (χ0n) is 16.0. The topological polar surface area (TPSA) is 58.2 Å². The van der Waals surface area contributed by atoms with Crippen LogP contribution in [0, 0.1) is 0 Å². The SMILES string of the molecule is C[C@H]1CC[C@@H](c2nc3c(ccc4cc(Br)ccc43)[nH]2)N1C(=O)OC(C)(C)C. The number of nitrogens with one attached hydrogen (secondary N) is 1. The standard InChI is InChI=1S/C21H24BrN3O2/c1-12-5-10-17(25(12)20(26)27-21(2,3)4)19-23-16-9-6-13-11-14(22)7-8-15(13)18(16)24-19/h6-9,11-12,17H,5,10H2,1-4H3,(H,23,24)/t12-,17-/m0/s1. The number of hydrogen-bond acceptors (Lipinski definition) is 3. The van der Waals surface area contributed by atoms with E-state index in [2.05, 4.69) is 52.1 Å². The van der Waals surface area contributed by atoms with Crippen LogP contribution in [0.15, 0.2) is 34.8 Å². The number of rotatable bonds is 1. The largest absolute Gasteiger partial charge is 0.444 e. The fraction of sp³-hybridized carbons (Fsp3) is 0.429. The van der Waals surface area contributed by atoms with Gasteiger partial charge in [0, 0.05) is 15.9 Å². The number of amides is 1. The molecular formula is C21H24BrN3O2. The Morgan fingerprint density at radius 1 is 1.26 bits per heavy atom. The highest BCUT2D eigenvalue weighted by Crippen LogP contribution is 2.37. The third kappa shape index (κ3) is 3.43. The Kier molecular flexibility index (Phi) is 4.41. The number of aromatic amines is 1. The Morgan fingerprint density at radius 3 is 2.78 bits per heavy atom. The maximum Gasteiger partial charge on any atom is 0.411 e. The molecule has 1 amide bonds. The zero-order valence-corrected chi connectivity index (χ0v) is 17.6. The van der Waals surface area contributed by atoms with Crippen LogP contribution in [0.1, 0.15) is 52.4 Å². The second-order valence-electron chi connectivity index (χ2n) is 8.28. The van der Waals surface area contributed by atoms with Crippen molar-refractivity contribution >= 4 is 43.8 Å². The molecule has 1 aliphatic heterocycles. The summed E-state index contributed by atoms with van der Waals surface area (Å²) in [7, 11) is 0. The number of ether oxygens (including phenoxy) is 1. The fourth-order valence-electron chi connectivity index (χ4n) is 3.82. The molecule has 142 valence electrons. The first-order chi connectivity index (χ1) is 12.7. The van der Waals surface area contributed by atoms with Gasteiger partial charge in [0.05, 0.1) is 17.1 Å². The molecule has 0 spiro atoms. The van der Waals surface area contributed by atoms with Gasteiger partial charge in [-0.1, -0.05) is 28.1 Å². The van der Waals surface area contributed by atoms with E-state index in [-0.39, 0.29) is 18.2 Å². The summed E-state index contributed by atoms with van der Waals surface area (Å²) < 4.78 is 6.69. The molecule has 0 saturated carbocycles. The number of H-pyrrole nitrogens is 1. The summed E-state index contributed by atoms with van der Waals surface area (Å²) in [5.41, 5.74) is 1.42. The van der Waals surface area contributed by atoms with Gasteiger partial charge < -0.3 is 9.72 Å². The van der Waals surface area contributed by atoms with Crippen molar-refractivity contribution < 1.29 is 9.53 Å². The molecular weight excluding hydrogens is 406 g/mol. The second kappa shape index (κ2) is 6.51. The lowest BCUT2D eigenvalue weighted by atomic mass is 10.1. The van der Waals surface area contributed by atoms with Gasteiger partial charge in [0.15, 0.2) is 0 Å². The molecule has 2 heterocycles. The summed E-state index contributed by atoms with van der Waals surface area (Å²) in [6, 6.07) is 10.4. The van der Waals surface area contributed by atoms with Gasteiger partial charge in [-0.25, -0.2) is 9.78 Å². The number of halogens is 1. The van der Waals surface area contributed by atoms with Crippen molar-refractivity contribution in [1.29, 1.82) is 0 Å². The molecule has 0 aliphatic carbocycles. The third-order valence-electron chi connectivity index (χ3n) is 5.04. The summed E-state index contributed by atoms with van der Waals surface area (Å²) in [5, 5.41) is 2.24. The molecule has 1 aliphatic rings. The first-order valence-corrected chi connectivity index (χ1v) is 10.1. The van der Waals surface area contributed by atoms with E-state index >= 15 is 0 Å². The maximum absolute atomic E-state index is 12.8. The summed E-state index contributed by atoms with van der Waals surface area (Å²) in [6.45, 7) is 7.75. The normalized spacial score (nSPS) is 20.6. The van der Waals surface area contributed by atoms with E-state index in [0.29, 0.717) is 0 Å². The molecule has 1 fully saturated rings. The van der Waals surface area contributed by atoms with Crippen molar-refractivity contribution in [1.82, 2.24) is 14.9 Å². The highest BCUT2D eigenvalue weighted by atomic mass is 79.9. The average Bonchev–Trinajstić information content (AvgIpc) is 3.16. The molecule has 1 saturated heterocycles. The van der Waals surface area contributed by atoms with Crippen LogP contribution in [0.4, 0.5) is 4.79 Å². The van der Waals surface area contributed by atoms with Crippen LogP contribution in [0.5, 0.6) is 0 Å². The van der Waals surface area contributed by atoms with Crippen LogP contribution in [-0.2, 0) is 4.74 Å². The lowest BCUT2D eigenvalue weighted by molar-refractivity contribution is 0.0152. The first kappa shape index (κ1) is 18.3. The molecule has 0 unspecified atom stereocenters. The maximum atomic E-state index is 12.8. The molecule has 2 aromatic carbocycles. The van der Waals surface area contributed by atoms with E-state index in [9.17, 15) is 4.79 Å². The second-order valence-corrected chi connectivity index (χ2v) is 9.19. The minimum absolute atomic E-state index is 0.0900. The Morgan fingerprint density at radius 2 is 2.04 bits per heavy atom. The Balaban J connectivity index is 1.74. The molecule has 3 aromatic rings. The number of fused-ring (bicyclic) bond motifs is 3. The van der Waals surface area contributed by atoms with Crippen molar-refractivity contribution in [2.45, 2.75) is 58.2 Å². The predicted molar refractivity (Wildman–Crippen MR) is 111 cm³/mol. The third-order valence-corrected chi connectivity index (χ3v) is 5.53. The van der Waals surface area contributed by atoms with Crippen molar-refractivity contribution in [2.24, 2.45) is 0 Å². The molecule has 2 atom stereocenters. The van der Waals surface area contributed by atoms with Gasteiger partial charge in [-0.3, -0.25) is 4.90 Å². The van der Waals surface area contributed by atoms with Crippen LogP contribution < -0.4 is 0 Å². The summed E-state index contributed by atoms with van der Waals surface area (Å²) in [6.07, 6.45) is 1.55. The van der Waals surface area contributed by atoms with E-state index in [0.717, 1.165) is 44.9 Å². The number of carbonyl (C=O) groups excluding carboxylic acids is 1. The number of nitrogens with zero attached hydrogens (tertiary/aromatic N) is 2. The Labute approximate surface area is 167 Å². The minimum atomic E-state index is -0.512. The van der Waals surface area contributed by atoms with Gasteiger partial charge in [0.25, 0.3) is 0 Å². The molecule has 0 radical (unpaired) electrons. The zero-order chi connectivity index (χ0) is 19.3. The van der Waals surface area contributed by atoms with Crippen LogP contribution in [-0.4, -0.2) is 32.6 Å². The molecule has 6 heteroatoms. The van der Waals surface area contributed by atoms with Crippen LogP contribution in [0.3, 0.4) is 0 Å². The van der Waals surface area contributed by atoms with Crippen LogP contribution >= 0.6 is 15.9 Å². The van der Waals surface area contributed by atoms with Gasteiger partial charge >= 0.3 is 6.09 Å². The number of benzene rings is 2. The van der Waals surface area contributed by atoms with Gasteiger partial charge in [-0.2, -0.15) is 0 Å². The molecule has 1 N–H and O–H groups in total. The van der Waals surface area contributed by atoms with Crippen molar-refractivity contribution in [3.8, 4) is 0 Å². The van der Waals surface area contributed by atoms with Gasteiger partial charge in [0.1, 0.15) is 11.4 Å². The molecule has 5 nitrogen and oxygen atoms in total. The Bertz CT molecular complexity index is 1020. The van der Waals surface area contributed by atoms with E-state index in [1.165, 1.54) is 0 Å². The summed E-state index contributed by atoms with van der Waals surface area (Å²) in [4.78, 5) is 22.9. The number of aromatic nitrogens is 2. The number of likely N-dealkylation sites (tertiary alicyclic amines) is 1. The van der Waals surface area contributed by atoms with Crippen LogP contribution in [0.25, 0.3) is 21.8 Å². The summed E-state index contributed by atoms with van der Waals surface area (Å²) in [5.74, 6) is 0.829. The molecule has 1 aromatic heterocycles. The van der Waals surface area contributed by atoms with E-state index in [1.807, 2.05) is 31.7 Å². The number of imidazole rings is 1. The van der Waals surface area contributed by atoms with E-state index in [4.69, 9.17) is 9.72 Å². The quantitative estimate of drug-likeness (QED) is 0.520. The van der Waals surface area contributed by atoms with Gasteiger partial charge in [-0.15, -0.1) is 0 Å². The average molecular weight is 430 g/mol. The predicted octanol–water partition coefficient (Wildman–Crippen LogP) is 5.94. The molecule has 27 heavy (non-hydrogen) atoms.